The Morgan fingerprint density at radius 3 is 2.03 bits per heavy atom. The van der Waals surface area contributed by atoms with E-state index in [1.165, 1.54) is 7.11 Å². The molecule has 0 fully saturated rings. The lowest BCUT2D eigenvalue weighted by Gasteiger charge is -2.17. The second kappa shape index (κ2) is 9.56. The van der Waals surface area contributed by atoms with Gasteiger partial charge in [0, 0.05) is 12.3 Å². The lowest BCUT2D eigenvalue weighted by atomic mass is 9.98. The summed E-state index contributed by atoms with van der Waals surface area (Å²) >= 11 is 0. The van der Waals surface area contributed by atoms with E-state index in [1.54, 1.807) is 24.3 Å². The molecule has 4 rings (SSSR count). The molecule has 0 radical (unpaired) electrons. The second-order valence-corrected chi connectivity index (χ2v) is 7.75. The molecule has 0 saturated heterocycles. The molecule has 1 aliphatic rings. The normalized spacial score (nSPS) is 12.9. The highest BCUT2D eigenvalue weighted by atomic mass is 16.5. The standard InChI is InChI=1S/C26H23NO6/c1-32-25(30)17-12-10-16(11-13-17)14-23(24(28)29)27-26(31)33-15-22-20-8-4-2-6-18(20)19-7-3-5-9-21(19)22/h2-13,22-23H,14-15H2,1H3,(H,27,31)(H,28,29)/t23-/m0/s1. The Morgan fingerprint density at radius 2 is 1.48 bits per heavy atom. The summed E-state index contributed by atoms with van der Waals surface area (Å²) in [6.07, 6.45) is -0.753. The van der Waals surface area contributed by atoms with Gasteiger partial charge < -0.3 is 19.9 Å². The van der Waals surface area contributed by atoms with E-state index < -0.39 is 24.1 Å². The van der Waals surface area contributed by atoms with Crippen molar-refractivity contribution in [1.29, 1.82) is 0 Å². The van der Waals surface area contributed by atoms with Crippen LogP contribution in [0.15, 0.2) is 72.8 Å². The highest BCUT2D eigenvalue weighted by Gasteiger charge is 2.29. The molecule has 0 aromatic heterocycles. The summed E-state index contributed by atoms with van der Waals surface area (Å²) < 4.78 is 10.1. The number of methoxy groups -OCH3 is 1. The molecule has 0 saturated carbocycles. The second-order valence-electron chi connectivity index (χ2n) is 7.75. The minimum atomic E-state index is -1.18. The van der Waals surface area contributed by atoms with Gasteiger partial charge in [0.2, 0.25) is 0 Å². The number of rotatable bonds is 7. The monoisotopic (exact) mass is 445 g/mol. The van der Waals surface area contributed by atoms with E-state index in [2.05, 4.69) is 10.1 Å². The lowest BCUT2D eigenvalue weighted by molar-refractivity contribution is -0.139. The zero-order valence-electron chi connectivity index (χ0n) is 18.0. The third-order valence-electron chi connectivity index (χ3n) is 5.75. The zero-order valence-corrected chi connectivity index (χ0v) is 18.0. The van der Waals surface area contributed by atoms with Gasteiger partial charge in [-0.3, -0.25) is 0 Å². The Bertz CT molecular complexity index is 1140. The Balaban J connectivity index is 1.40. The van der Waals surface area contributed by atoms with Crippen LogP contribution >= 0.6 is 0 Å². The Hall–Kier alpha value is -4.13. The molecule has 168 valence electrons. The fourth-order valence-corrected chi connectivity index (χ4v) is 4.11. The van der Waals surface area contributed by atoms with Gasteiger partial charge in [0.05, 0.1) is 12.7 Å². The van der Waals surface area contributed by atoms with E-state index in [-0.39, 0.29) is 18.9 Å². The zero-order chi connectivity index (χ0) is 23.4. The van der Waals surface area contributed by atoms with Crippen LogP contribution in [0.5, 0.6) is 0 Å². The number of nitrogens with one attached hydrogen (secondary N) is 1. The highest BCUT2D eigenvalue weighted by molar-refractivity contribution is 5.89. The topological polar surface area (TPSA) is 102 Å². The van der Waals surface area contributed by atoms with E-state index in [0.717, 1.165) is 22.3 Å². The number of benzene rings is 3. The van der Waals surface area contributed by atoms with Crippen molar-refractivity contribution >= 4 is 18.0 Å². The van der Waals surface area contributed by atoms with Crippen LogP contribution in [0.25, 0.3) is 11.1 Å². The summed E-state index contributed by atoms with van der Waals surface area (Å²) in [5, 5.41) is 12.0. The summed E-state index contributed by atoms with van der Waals surface area (Å²) in [5.74, 6) is -1.77. The number of carboxylic acids is 1. The molecule has 33 heavy (non-hydrogen) atoms. The first-order chi connectivity index (χ1) is 16.0. The molecule has 0 bridgehead atoms. The summed E-state index contributed by atoms with van der Waals surface area (Å²) in [6.45, 7) is 0.0972. The van der Waals surface area contributed by atoms with Crippen LogP contribution < -0.4 is 5.32 Å². The number of hydrogen-bond donors (Lipinski definition) is 2. The van der Waals surface area contributed by atoms with Gasteiger partial charge in [0.1, 0.15) is 12.6 Å². The maximum atomic E-state index is 12.5. The van der Waals surface area contributed by atoms with Gasteiger partial charge in [-0.25, -0.2) is 14.4 Å². The lowest BCUT2D eigenvalue weighted by Crippen LogP contribution is -2.42. The van der Waals surface area contributed by atoms with Gasteiger partial charge in [0.25, 0.3) is 0 Å². The molecule has 1 atom stereocenters. The third-order valence-corrected chi connectivity index (χ3v) is 5.75. The number of alkyl carbamates (subject to hydrolysis) is 1. The number of aliphatic carboxylic acids is 1. The van der Waals surface area contributed by atoms with E-state index in [9.17, 15) is 19.5 Å². The summed E-state index contributed by atoms with van der Waals surface area (Å²) in [6, 6.07) is 21.1. The van der Waals surface area contributed by atoms with Crippen LogP contribution in [-0.2, 0) is 20.7 Å². The minimum absolute atomic E-state index is 0.0426. The van der Waals surface area contributed by atoms with Crippen LogP contribution in [0, 0.1) is 0 Å². The fraction of sp³-hybridized carbons (Fsp3) is 0.192. The molecular weight excluding hydrogens is 422 g/mol. The summed E-state index contributed by atoms with van der Waals surface area (Å²) in [5.41, 5.74) is 5.38. The molecule has 7 nitrogen and oxygen atoms in total. The number of hydrogen-bond acceptors (Lipinski definition) is 5. The molecule has 0 unspecified atom stereocenters. The van der Waals surface area contributed by atoms with Crippen molar-refractivity contribution in [2.24, 2.45) is 0 Å². The van der Waals surface area contributed by atoms with Crippen LogP contribution in [0.1, 0.15) is 33.0 Å². The number of carboxylic acid groups (broad SMARTS) is 1. The number of fused-ring (bicyclic) bond motifs is 3. The van der Waals surface area contributed by atoms with Gasteiger partial charge in [-0.15, -0.1) is 0 Å². The molecule has 0 spiro atoms. The molecular formula is C26H23NO6. The molecule has 7 heteroatoms. The first-order valence-corrected chi connectivity index (χ1v) is 10.5. The van der Waals surface area contributed by atoms with Crippen LogP contribution in [0.4, 0.5) is 4.79 Å². The Morgan fingerprint density at radius 1 is 0.909 bits per heavy atom. The summed E-state index contributed by atoms with van der Waals surface area (Å²) in [7, 11) is 1.29. The molecule has 0 heterocycles. The van der Waals surface area contributed by atoms with Crippen molar-refractivity contribution in [2.75, 3.05) is 13.7 Å². The average Bonchev–Trinajstić information content (AvgIpc) is 3.16. The van der Waals surface area contributed by atoms with Gasteiger partial charge in [-0.05, 0) is 39.9 Å². The predicted octanol–water partition coefficient (Wildman–Crippen LogP) is 4.01. The van der Waals surface area contributed by atoms with E-state index in [1.807, 2.05) is 48.5 Å². The van der Waals surface area contributed by atoms with E-state index in [0.29, 0.717) is 11.1 Å². The predicted molar refractivity (Wildman–Crippen MR) is 121 cm³/mol. The fourth-order valence-electron chi connectivity index (χ4n) is 4.11. The van der Waals surface area contributed by atoms with Crippen molar-refractivity contribution in [3.8, 4) is 11.1 Å². The number of carbonyl (C=O) groups is 3. The SMILES string of the molecule is COC(=O)c1ccc(C[C@H](NC(=O)OCC2c3ccccc3-c3ccccc32)C(=O)O)cc1. The number of carbonyl (C=O) groups excluding carboxylic acids is 2. The van der Waals surface area contributed by atoms with Gasteiger partial charge in [-0.1, -0.05) is 60.7 Å². The largest absolute Gasteiger partial charge is 0.480 e. The van der Waals surface area contributed by atoms with Crippen LogP contribution in [0.3, 0.4) is 0 Å². The van der Waals surface area contributed by atoms with Crippen molar-refractivity contribution in [2.45, 2.75) is 18.4 Å². The molecule has 2 N–H and O–H groups in total. The number of esters is 1. The molecule has 3 aromatic carbocycles. The minimum Gasteiger partial charge on any atom is -0.480 e. The maximum Gasteiger partial charge on any atom is 0.407 e. The van der Waals surface area contributed by atoms with Crippen LogP contribution in [-0.4, -0.2) is 42.9 Å². The van der Waals surface area contributed by atoms with Gasteiger partial charge >= 0.3 is 18.0 Å². The van der Waals surface area contributed by atoms with Crippen molar-refractivity contribution < 1.29 is 29.0 Å². The van der Waals surface area contributed by atoms with Crippen molar-refractivity contribution in [1.82, 2.24) is 5.32 Å². The first-order valence-electron chi connectivity index (χ1n) is 10.5. The quantitative estimate of drug-likeness (QED) is 0.533. The highest BCUT2D eigenvalue weighted by Crippen LogP contribution is 2.44. The number of ether oxygens (including phenoxy) is 2. The first kappa shape index (κ1) is 22.1. The molecule has 1 amide bonds. The van der Waals surface area contributed by atoms with Crippen LogP contribution in [0.2, 0.25) is 0 Å². The maximum absolute atomic E-state index is 12.5. The van der Waals surface area contributed by atoms with Gasteiger partial charge in [0.15, 0.2) is 0 Å². The van der Waals surface area contributed by atoms with Crippen molar-refractivity contribution in [3.63, 3.8) is 0 Å². The molecule has 0 aliphatic heterocycles. The Labute approximate surface area is 191 Å². The smallest absolute Gasteiger partial charge is 0.407 e. The third kappa shape index (κ3) is 4.72. The van der Waals surface area contributed by atoms with Crippen molar-refractivity contribution in [3.05, 3.63) is 95.1 Å². The van der Waals surface area contributed by atoms with E-state index >= 15 is 0 Å². The molecule has 3 aromatic rings. The summed E-state index contributed by atoms with van der Waals surface area (Å²) in [4.78, 5) is 35.7. The van der Waals surface area contributed by atoms with Gasteiger partial charge in [-0.2, -0.15) is 0 Å². The Kier molecular flexibility index (Phi) is 6.40. The molecule has 1 aliphatic carbocycles. The average molecular weight is 445 g/mol. The number of amides is 1. The van der Waals surface area contributed by atoms with E-state index in [4.69, 9.17) is 4.74 Å².